The minimum Gasteiger partial charge on any atom is -0.466 e. The molecule has 0 heterocycles. The SMILES string of the molecule is CCC(C)[Si](O)(CCCOC(C)=O)C(C)CC. The zero-order valence-electron chi connectivity index (χ0n) is 12.0. The van der Waals surface area contributed by atoms with Gasteiger partial charge in [-0.2, -0.15) is 0 Å². The molecule has 0 aromatic rings. The number of esters is 1. The van der Waals surface area contributed by atoms with Gasteiger partial charge in [0, 0.05) is 6.92 Å². The molecule has 0 bridgehead atoms. The molecule has 0 saturated carbocycles. The molecule has 102 valence electrons. The summed E-state index contributed by atoms with van der Waals surface area (Å²) in [5.74, 6) is -0.234. The van der Waals surface area contributed by atoms with Crippen LogP contribution in [-0.2, 0) is 9.53 Å². The zero-order chi connectivity index (χ0) is 13.5. The number of carbonyl (C=O) groups is 1. The molecule has 0 amide bonds. The second-order valence-electron chi connectivity index (χ2n) is 5.05. The van der Waals surface area contributed by atoms with Crippen LogP contribution in [0.4, 0.5) is 0 Å². The number of hydrogen-bond donors (Lipinski definition) is 1. The highest BCUT2D eigenvalue weighted by molar-refractivity contribution is 6.75. The summed E-state index contributed by atoms with van der Waals surface area (Å²) in [7, 11) is -2.22. The van der Waals surface area contributed by atoms with Crippen LogP contribution in [0, 0.1) is 0 Å². The number of carbonyl (C=O) groups excluding carboxylic acids is 1. The van der Waals surface area contributed by atoms with Crippen LogP contribution >= 0.6 is 0 Å². The zero-order valence-corrected chi connectivity index (χ0v) is 13.0. The lowest BCUT2D eigenvalue weighted by Gasteiger charge is -2.36. The molecule has 1 N–H and O–H groups in total. The van der Waals surface area contributed by atoms with Gasteiger partial charge in [-0.25, -0.2) is 0 Å². The van der Waals surface area contributed by atoms with Crippen LogP contribution in [0.5, 0.6) is 0 Å². The van der Waals surface area contributed by atoms with Gasteiger partial charge in [0.15, 0.2) is 8.32 Å². The first-order chi connectivity index (χ1) is 7.88. The van der Waals surface area contributed by atoms with Gasteiger partial charge in [-0.15, -0.1) is 0 Å². The van der Waals surface area contributed by atoms with Gasteiger partial charge in [0.25, 0.3) is 0 Å². The van der Waals surface area contributed by atoms with Crippen molar-refractivity contribution in [2.45, 2.75) is 71.0 Å². The van der Waals surface area contributed by atoms with Crippen LogP contribution in [0.25, 0.3) is 0 Å². The Kier molecular flexibility index (Phi) is 7.71. The van der Waals surface area contributed by atoms with Crippen molar-refractivity contribution in [3.63, 3.8) is 0 Å². The third-order valence-corrected chi connectivity index (χ3v) is 9.34. The van der Waals surface area contributed by atoms with Crippen LogP contribution in [-0.4, -0.2) is 25.7 Å². The fourth-order valence-corrected chi connectivity index (χ4v) is 6.34. The highest BCUT2D eigenvalue weighted by atomic mass is 28.4. The summed E-state index contributed by atoms with van der Waals surface area (Å²) in [5, 5.41) is 0. The predicted octanol–water partition coefficient (Wildman–Crippen LogP) is 3.48. The summed E-state index contributed by atoms with van der Waals surface area (Å²) < 4.78 is 4.94. The van der Waals surface area contributed by atoms with Gasteiger partial charge in [0.05, 0.1) is 6.61 Å². The molecule has 4 heteroatoms. The van der Waals surface area contributed by atoms with Gasteiger partial charge in [0.2, 0.25) is 0 Å². The van der Waals surface area contributed by atoms with E-state index < -0.39 is 8.32 Å². The summed E-state index contributed by atoms with van der Waals surface area (Å²) in [6.07, 6.45) is 2.85. The van der Waals surface area contributed by atoms with Crippen LogP contribution in [0.15, 0.2) is 0 Å². The normalized spacial score (nSPS) is 18.2. The van der Waals surface area contributed by atoms with E-state index in [1.807, 2.05) is 0 Å². The molecule has 0 aromatic carbocycles. The summed E-state index contributed by atoms with van der Waals surface area (Å²) in [6.45, 7) is 10.5. The second-order valence-corrected chi connectivity index (χ2v) is 9.51. The average molecular weight is 260 g/mol. The molecule has 0 radical (unpaired) electrons. The topological polar surface area (TPSA) is 46.5 Å². The maximum Gasteiger partial charge on any atom is 0.302 e. The van der Waals surface area contributed by atoms with Gasteiger partial charge >= 0.3 is 5.97 Å². The van der Waals surface area contributed by atoms with Gasteiger partial charge < -0.3 is 9.53 Å². The first-order valence-corrected chi connectivity index (χ1v) is 9.05. The lowest BCUT2D eigenvalue weighted by Crippen LogP contribution is -2.43. The molecule has 0 saturated heterocycles. The van der Waals surface area contributed by atoms with Crippen molar-refractivity contribution < 1.29 is 14.3 Å². The van der Waals surface area contributed by atoms with E-state index >= 15 is 0 Å². The molecule has 0 fully saturated rings. The molecule has 3 nitrogen and oxygen atoms in total. The quantitative estimate of drug-likeness (QED) is 0.413. The van der Waals surface area contributed by atoms with E-state index in [9.17, 15) is 9.59 Å². The Balaban J connectivity index is 4.34. The van der Waals surface area contributed by atoms with E-state index in [-0.39, 0.29) is 5.97 Å². The van der Waals surface area contributed by atoms with Crippen molar-refractivity contribution in [1.29, 1.82) is 0 Å². The molecule has 17 heavy (non-hydrogen) atoms. The van der Waals surface area contributed by atoms with Crippen LogP contribution < -0.4 is 0 Å². The smallest absolute Gasteiger partial charge is 0.302 e. The van der Waals surface area contributed by atoms with E-state index in [1.54, 1.807) is 0 Å². The third kappa shape index (κ3) is 5.21. The van der Waals surface area contributed by atoms with Crippen molar-refractivity contribution in [3.05, 3.63) is 0 Å². The van der Waals surface area contributed by atoms with Crippen molar-refractivity contribution in [1.82, 2.24) is 0 Å². The number of rotatable bonds is 8. The molecular weight excluding hydrogens is 232 g/mol. The van der Waals surface area contributed by atoms with E-state index in [2.05, 4.69) is 27.7 Å². The molecule has 0 aromatic heterocycles. The third-order valence-electron chi connectivity index (χ3n) is 3.96. The Morgan fingerprint density at radius 1 is 1.24 bits per heavy atom. The Morgan fingerprint density at radius 2 is 1.71 bits per heavy atom. The van der Waals surface area contributed by atoms with E-state index in [1.165, 1.54) is 6.92 Å². The Labute approximate surface area is 107 Å². The Morgan fingerprint density at radius 3 is 2.06 bits per heavy atom. The molecule has 0 aliphatic carbocycles. The number of hydrogen-bond acceptors (Lipinski definition) is 3. The lowest BCUT2D eigenvalue weighted by atomic mass is 10.3. The first kappa shape index (κ1) is 16.6. The largest absolute Gasteiger partial charge is 0.466 e. The molecule has 0 rings (SSSR count). The molecule has 0 aliphatic heterocycles. The van der Waals surface area contributed by atoms with Gasteiger partial charge in [-0.05, 0) is 23.5 Å². The molecule has 2 atom stereocenters. The average Bonchev–Trinajstić information content (AvgIpc) is 2.31. The standard InChI is InChI=1S/C13H28O3Si/c1-6-11(3)17(15,12(4)7-2)10-8-9-16-13(5)14/h11-12,15H,6-10H2,1-5H3. The summed E-state index contributed by atoms with van der Waals surface area (Å²) in [5.41, 5.74) is 0.824. The summed E-state index contributed by atoms with van der Waals surface area (Å²) >= 11 is 0. The molecule has 0 spiro atoms. The van der Waals surface area contributed by atoms with Crippen molar-refractivity contribution in [2.24, 2.45) is 0 Å². The van der Waals surface area contributed by atoms with Gasteiger partial charge in [-0.3, -0.25) is 4.79 Å². The molecular formula is C13H28O3Si. The van der Waals surface area contributed by atoms with Crippen molar-refractivity contribution in [3.8, 4) is 0 Å². The van der Waals surface area contributed by atoms with E-state index in [0.29, 0.717) is 17.7 Å². The van der Waals surface area contributed by atoms with E-state index in [0.717, 1.165) is 25.3 Å². The lowest BCUT2D eigenvalue weighted by molar-refractivity contribution is -0.140. The highest BCUT2D eigenvalue weighted by Crippen LogP contribution is 2.38. The Bertz CT molecular complexity index is 221. The highest BCUT2D eigenvalue weighted by Gasteiger charge is 2.40. The molecule has 2 unspecified atom stereocenters. The number of ether oxygens (including phenoxy) is 1. The maximum absolute atomic E-state index is 10.9. The van der Waals surface area contributed by atoms with Crippen molar-refractivity contribution in [2.75, 3.05) is 6.61 Å². The minimum atomic E-state index is -2.22. The summed E-state index contributed by atoms with van der Waals surface area (Å²) in [4.78, 5) is 21.6. The predicted molar refractivity (Wildman–Crippen MR) is 73.5 cm³/mol. The Hall–Kier alpha value is -0.353. The van der Waals surface area contributed by atoms with Gasteiger partial charge in [0.1, 0.15) is 0 Å². The summed E-state index contributed by atoms with van der Waals surface area (Å²) in [6, 6.07) is 0.838. The monoisotopic (exact) mass is 260 g/mol. The fourth-order valence-electron chi connectivity index (χ4n) is 2.26. The van der Waals surface area contributed by atoms with Crippen LogP contribution in [0.1, 0.15) is 53.9 Å². The second kappa shape index (κ2) is 7.87. The van der Waals surface area contributed by atoms with Crippen LogP contribution in [0.3, 0.4) is 0 Å². The fraction of sp³-hybridized carbons (Fsp3) is 0.923. The maximum atomic E-state index is 10.9. The minimum absolute atomic E-state index is 0.234. The van der Waals surface area contributed by atoms with Crippen LogP contribution in [0.2, 0.25) is 17.1 Å². The van der Waals surface area contributed by atoms with E-state index in [4.69, 9.17) is 4.74 Å². The molecule has 0 aliphatic rings. The first-order valence-electron chi connectivity index (χ1n) is 6.74. The van der Waals surface area contributed by atoms with Gasteiger partial charge in [-0.1, -0.05) is 40.5 Å². The van der Waals surface area contributed by atoms with Crippen molar-refractivity contribution >= 4 is 14.3 Å².